The number of fused-ring (bicyclic) bond motifs is 1. The summed E-state index contributed by atoms with van der Waals surface area (Å²) >= 11 is 9.49. The summed E-state index contributed by atoms with van der Waals surface area (Å²) in [5.41, 5.74) is 4.20. The van der Waals surface area contributed by atoms with Crippen LogP contribution in [-0.4, -0.2) is 17.5 Å². The zero-order valence-electron chi connectivity index (χ0n) is 16.3. The molecule has 0 bridgehead atoms. The number of amides is 1. The first-order valence-corrected chi connectivity index (χ1v) is 10.5. The van der Waals surface area contributed by atoms with Crippen molar-refractivity contribution in [1.82, 2.24) is 4.98 Å². The first-order valence-electron chi connectivity index (χ1n) is 9.36. The molecule has 0 aliphatic rings. The standard InChI is InChI=1S/C23H18BrClN2O3/c1-3-29-20-9-7-14(11-17(20)24)22(28)26-18-6-4-5-16(13(18)2)23-27-19-12-15(25)8-10-21(19)30-23/h4-12H,3H2,1-2H3,(H,26,28). The summed E-state index contributed by atoms with van der Waals surface area (Å²) in [6.07, 6.45) is 0. The SMILES string of the molecule is CCOc1ccc(C(=O)Nc2cccc(-c3nc4cc(Cl)ccc4o3)c2C)cc1Br. The Morgan fingerprint density at radius 2 is 2.03 bits per heavy atom. The van der Waals surface area contributed by atoms with Gasteiger partial charge < -0.3 is 14.5 Å². The maximum absolute atomic E-state index is 12.8. The van der Waals surface area contributed by atoms with Crippen LogP contribution in [0.4, 0.5) is 5.69 Å². The molecule has 1 amide bonds. The molecule has 1 N–H and O–H groups in total. The first-order chi connectivity index (χ1) is 14.5. The number of carbonyl (C=O) groups is 1. The third kappa shape index (κ3) is 4.06. The van der Waals surface area contributed by atoms with Gasteiger partial charge in [-0.15, -0.1) is 0 Å². The summed E-state index contributed by atoms with van der Waals surface area (Å²) < 4.78 is 12.1. The fourth-order valence-corrected chi connectivity index (χ4v) is 3.79. The van der Waals surface area contributed by atoms with Gasteiger partial charge in [-0.2, -0.15) is 0 Å². The third-order valence-electron chi connectivity index (χ3n) is 4.66. The zero-order chi connectivity index (χ0) is 21.3. The number of benzene rings is 3. The van der Waals surface area contributed by atoms with E-state index in [1.807, 2.05) is 32.0 Å². The summed E-state index contributed by atoms with van der Waals surface area (Å²) in [6.45, 7) is 4.38. The van der Waals surface area contributed by atoms with Crippen LogP contribution in [0.1, 0.15) is 22.8 Å². The third-order valence-corrected chi connectivity index (χ3v) is 5.51. The molecule has 0 aliphatic carbocycles. The van der Waals surface area contributed by atoms with E-state index in [-0.39, 0.29) is 5.91 Å². The molecule has 7 heteroatoms. The Hall–Kier alpha value is -2.83. The average molecular weight is 486 g/mol. The van der Waals surface area contributed by atoms with Gasteiger partial charge in [-0.25, -0.2) is 4.98 Å². The van der Waals surface area contributed by atoms with E-state index in [9.17, 15) is 4.79 Å². The van der Waals surface area contributed by atoms with Crippen molar-refractivity contribution in [2.45, 2.75) is 13.8 Å². The fraction of sp³-hybridized carbons (Fsp3) is 0.130. The molecule has 152 valence electrons. The van der Waals surface area contributed by atoms with Crippen LogP contribution in [0.3, 0.4) is 0 Å². The van der Waals surface area contributed by atoms with Gasteiger partial charge in [-0.3, -0.25) is 4.79 Å². The van der Waals surface area contributed by atoms with Crippen molar-refractivity contribution in [2.75, 3.05) is 11.9 Å². The van der Waals surface area contributed by atoms with E-state index in [0.29, 0.717) is 45.6 Å². The summed E-state index contributed by atoms with van der Waals surface area (Å²) in [7, 11) is 0. The summed E-state index contributed by atoms with van der Waals surface area (Å²) in [4.78, 5) is 17.3. The second-order valence-corrected chi connectivity index (χ2v) is 7.93. The molecule has 0 spiro atoms. The highest BCUT2D eigenvalue weighted by molar-refractivity contribution is 9.10. The minimum atomic E-state index is -0.219. The molecule has 0 atom stereocenters. The van der Waals surface area contributed by atoms with Crippen LogP contribution in [-0.2, 0) is 0 Å². The molecule has 30 heavy (non-hydrogen) atoms. The minimum Gasteiger partial charge on any atom is -0.493 e. The van der Waals surface area contributed by atoms with Crippen molar-refractivity contribution < 1.29 is 13.9 Å². The van der Waals surface area contributed by atoms with E-state index >= 15 is 0 Å². The number of halogens is 2. The van der Waals surface area contributed by atoms with Crippen molar-refractivity contribution in [3.05, 3.63) is 75.2 Å². The van der Waals surface area contributed by atoms with Crippen molar-refractivity contribution in [3.8, 4) is 17.2 Å². The lowest BCUT2D eigenvalue weighted by molar-refractivity contribution is 0.102. The second-order valence-electron chi connectivity index (χ2n) is 6.64. The van der Waals surface area contributed by atoms with E-state index in [4.69, 9.17) is 20.8 Å². The van der Waals surface area contributed by atoms with Gasteiger partial charge in [0, 0.05) is 21.8 Å². The number of anilines is 1. The fourth-order valence-electron chi connectivity index (χ4n) is 3.13. The number of oxazole rings is 1. The second kappa shape index (κ2) is 8.50. The Balaban J connectivity index is 1.62. The highest BCUT2D eigenvalue weighted by Gasteiger charge is 2.15. The number of nitrogens with zero attached hydrogens (tertiary/aromatic N) is 1. The Bertz CT molecular complexity index is 1250. The summed E-state index contributed by atoms with van der Waals surface area (Å²) in [6, 6.07) is 16.2. The molecule has 4 rings (SSSR count). The molecule has 1 heterocycles. The molecule has 0 radical (unpaired) electrons. The average Bonchev–Trinajstić information content (AvgIpc) is 3.14. The van der Waals surface area contributed by atoms with Gasteiger partial charge >= 0.3 is 0 Å². The maximum Gasteiger partial charge on any atom is 0.255 e. The number of ether oxygens (including phenoxy) is 1. The van der Waals surface area contributed by atoms with E-state index in [1.54, 1.807) is 36.4 Å². The van der Waals surface area contributed by atoms with Crippen LogP contribution in [0.5, 0.6) is 5.75 Å². The molecule has 0 aliphatic heterocycles. The minimum absolute atomic E-state index is 0.219. The molecular weight excluding hydrogens is 468 g/mol. The van der Waals surface area contributed by atoms with Gasteiger partial charge in [0.1, 0.15) is 11.3 Å². The van der Waals surface area contributed by atoms with E-state index in [1.165, 1.54) is 0 Å². The van der Waals surface area contributed by atoms with E-state index in [0.717, 1.165) is 15.6 Å². The molecule has 0 unspecified atom stereocenters. The molecule has 0 fully saturated rings. The van der Waals surface area contributed by atoms with E-state index < -0.39 is 0 Å². The molecule has 0 saturated heterocycles. The highest BCUT2D eigenvalue weighted by Crippen LogP contribution is 2.32. The van der Waals surface area contributed by atoms with Gasteiger partial charge in [0.15, 0.2) is 5.58 Å². The molecule has 1 aromatic heterocycles. The number of hydrogen-bond acceptors (Lipinski definition) is 4. The van der Waals surface area contributed by atoms with E-state index in [2.05, 4.69) is 26.2 Å². The molecular formula is C23H18BrClN2O3. The molecule has 3 aromatic carbocycles. The van der Waals surface area contributed by atoms with Crippen LogP contribution in [0, 0.1) is 6.92 Å². The van der Waals surface area contributed by atoms with Crippen molar-refractivity contribution >= 4 is 50.2 Å². The van der Waals surface area contributed by atoms with Crippen molar-refractivity contribution in [2.24, 2.45) is 0 Å². The first kappa shape index (κ1) is 20.4. The molecule has 5 nitrogen and oxygen atoms in total. The molecule has 0 saturated carbocycles. The highest BCUT2D eigenvalue weighted by atomic mass is 79.9. The normalized spacial score (nSPS) is 10.9. The Morgan fingerprint density at radius 3 is 2.80 bits per heavy atom. The van der Waals surface area contributed by atoms with Crippen LogP contribution in [0.25, 0.3) is 22.6 Å². The number of rotatable bonds is 5. The maximum atomic E-state index is 12.8. The van der Waals surface area contributed by atoms with Gasteiger partial charge in [0.05, 0.1) is 11.1 Å². The number of nitrogens with one attached hydrogen (secondary N) is 1. The summed E-state index contributed by atoms with van der Waals surface area (Å²) in [5, 5.41) is 3.57. The monoisotopic (exact) mass is 484 g/mol. The number of aromatic nitrogens is 1. The van der Waals surface area contributed by atoms with Gasteiger partial charge in [0.25, 0.3) is 5.91 Å². The van der Waals surface area contributed by atoms with Crippen molar-refractivity contribution in [1.29, 1.82) is 0 Å². The Labute approximate surface area is 187 Å². The summed E-state index contributed by atoms with van der Waals surface area (Å²) in [5.74, 6) is 0.955. The largest absolute Gasteiger partial charge is 0.493 e. The topological polar surface area (TPSA) is 64.4 Å². The predicted octanol–water partition coefficient (Wildman–Crippen LogP) is 6.87. The van der Waals surface area contributed by atoms with Crippen LogP contribution >= 0.6 is 27.5 Å². The quantitative estimate of drug-likeness (QED) is 0.335. The lowest BCUT2D eigenvalue weighted by Crippen LogP contribution is -2.13. The lowest BCUT2D eigenvalue weighted by atomic mass is 10.1. The van der Waals surface area contributed by atoms with Crippen LogP contribution in [0.15, 0.2) is 63.5 Å². The van der Waals surface area contributed by atoms with Crippen molar-refractivity contribution in [3.63, 3.8) is 0 Å². The van der Waals surface area contributed by atoms with Gasteiger partial charge in [-0.05, 0) is 83.9 Å². The smallest absolute Gasteiger partial charge is 0.255 e. The predicted molar refractivity (Wildman–Crippen MR) is 122 cm³/mol. The van der Waals surface area contributed by atoms with Crippen LogP contribution < -0.4 is 10.1 Å². The number of hydrogen-bond donors (Lipinski definition) is 1. The Kier molecular flexibility index (Phi) is 5.79. The molecule has 4 aromatic rings. The lowest BCUT2D eigenvalue weighted by Gasteiger charge is -2.12. The van der Waals surface area contributed by atoms with Gasteiger partial charge in [-0.1, -0.05) is 17.7 Å². The van der Waals surface area contributed by atoms with Crippen LogP contribution in [0.2, 0.25) is 5.02 Å². The zero-order valence-corrected chi connectivity index (χ0v) is 18.7. The Morgan fingerprint density at radius 1 is 1.20 bits per heavy atom. The van der Waals surface area contributed by atoms with Gasteiger partial charge in [0.2, 0.25) is 5.89 Å². The number of carbonyl (C=O) groups excluding carboxylic acids is 1.